The Morgan fingerprint density at radius 3 is 2.50 bits per heavy atom. The number of carbonyl (C=O) groups excluding carboxylic acids is 2. The molecule has 20 heavy (non-hydrogen) atoms. The number of amides is 2. The lowest BCUT2D eigenvalue weighted by Gasteiger charge is -2.16. The van der Waals surface area contributed by atoms with Gasteiger partial charge in [0, 0.05) is 22.8 Å². The maximum absolute atomic E-state index is 12.3. The molecule has 0 aromatic carbocycles. The first-order valence-corrected chi connectivity index (χ1v) is 7.66. The number of hydrogen-bond donors (Lipinski definition) is 2. The lowest BCUT2D eigenvalue weighted by atomic mass is 10.2. The predicted octanol–water partition coefficient (Wildman–Crippen LogP) is 2.23. The molecule has 1 aliphatic rings. The second kappa shape index (κ2) is 5.99. The summed E-state index contributed by atoms with van der Waals surface area (Å²) >= 11 is 3.40. The highest BCUT2D eigenvalue weighted by atomic mass is 79.9. The van der Waals surface area contributed by atoms with Crippen LogP contribution in [0.25, 0.3) is 0 Å². The highest BCUT2D eigenvalue weighted by molar-refractivity contribution is 9.10. The van der Waals surface area contributed by atoms with Gasteiger partial charge >= 0.3 is 0 Å². The number of halogens is 1. The van der Waals surface area contributed by atoms with Crippen molar-refractivity contribution in [2.24, 2.45) is 0 Å². The van der Waals surface area contributed by atoms with Crippen molar-refractivity contribution in [1.29, 1.82) is 0 Å². The van der Waals surface area contributed by atoms with E-state index in [1.807, 2.05) is 24.6 Å². The summed E-state index contributed by atoms with van der Waals surface area (Å²) in [5, 5.41) is 5.53. The number of hydrogen-bond acceptors (Lipinski definition) is 2. The van der Waals surface area contributed by atoms with E-state index in [0.717, 1.165) is 17.3 Å². The van der Waals surface area contributed by atoms with Gasteiger partial charge in [-0.2, -0.15) is 0 Å². The number of nitrogens with zero attached hydrogens (tertiary/aromatic N) is 1. The van der Waals surface area contributed by atoms with Crippen molar-refractivity contribution in [1.82, 2.24) is 15.2 Å². The van der Waals surface area contributed by atoms with Gasteiger partial charge in [0.1, 0.15) is 11.7 Å². The number of aromatic nitrogens is 1. The molecule has 0 aliphatic heterocycles. The van der Waals surface area contributed by atoms with Crippen molar-refractivity contribution in [3.05, 3.63) is 22.4 Å². The van der Waals surface area contributed by atoms with Crippen LogP contribution in [0, 0.1) is 0 Å². The van der Waals surface area contributed by atoms with Crippen LogP contribution in [0.4, 0.5) is 0 Å². The second-order valence-electron chi connectivity index (χ2n) is 5.54. The molecule has 1 aromatic rings. The zero-order valence-corrected chi connectivity index (χ0v) is 13.5. The van der Waals surface area contributed by atoms with E-state index >= 15 is 0 Å². The van der Waals surface area contributed by atoms with Crippen molar-refractivity contribution in [3.63, 3.8) is 0 Å². The molecule has 2 N–H and O–H groups in total. The molecule has 6 heteroatoms. The fourth-order valence-corrected chi connectivity index (χ4v) is 2.47. The molecule has 0 bridgehead atoms. The lowest BCUT2D eigenvalue weighted by Crippen LogP contribution is -2.47. The van der Waals surface area contributed by atoms with Gasteiger partial charge in [-0.1, -0.05) is 0 Å². The molecule has 1 unspecified atom stereocenters. The zero-order chi connectivity index (χ0) is 14.9. The fourth-order valence-electron chi connectivity index (χ4n) is 2.03. The van der Waals surface area contributed by atoms with Crippen LogP contribution in [0.15, 0.2) is 16.7 Å². The highest BCUT2D eigenvalue weighted by Crippen LogP contribution is 2.37. The van der Waals surface area contributed by atoms with Gasteiger partial charge in [0.15, 0.2) is 0 Å². The summed E-state index contributed by atoms with van der Waals surface area (Å²) in [7, 11) is 0. The molecule has 1 heterocycles. The van der Waals surface area contributed by atoms with E-state index in [1.54, 1.807) is 13.0 Å². The van der Waals surface area contributed by atoms with Crippen LogP contribution in [0.2, 0.25) is 0 Å². The van der Waals surface area contributed by atoms with Crippen LogP contribution in [0.5, 0.6) is 0 Å². The van der Waals surface area contributed by atoms with Gasteiger partial charge in [0.25, 0.3) is 5.91 Å². The number of nitrogens with one attached hydrogen (secondary N) is 2. The largest absolute Gasteiger partial charge is 0.352 e. The Kier molecular flexibility index (Phi) is 4.52. The Hall–Kier alpha value is -1.30. The molecule has 2 rings (SSSR count). The third-order valence-corrected chi connectivity index (χ3v) is 3.59. The Labute approximate surface area is 127 Å². The quantitative estimate of drug-likeness (QED) is 0.862. The molecule has 0 saturated heterocycles. The molecule has 2 amide bonds. The van der Waals surface area contributed by atoms with Crippen molar-refractivity contribution in [2.45, 2.75) is 51.7 Å². The summed E-state index contributed by atoms with van der Waals surface area (Å²) in [6.07, 6.45) is 4.13. The molecular weight excluding hydrogens is 322 g/mol. The Morgan fingerprint density at radius 2 is 1.95 bits per heavy atom. The average Bonchev–Trinajstić information content (AvgIpc) is 3.11. The molecule has 0 radical (unpaired) electrons. The van der Waals surface area contributed by atoms with E-state index in [2.05, 4.69) is 26.6 Å². The van der Waals surface area contributed by atoms with E-state index in [0.29, 0.717) is 11.7 Å². The summed E-state index contributed by atoms with van der Waals surface area (Å²) in [6.45, 7) is 5.47. The van der Waals surface area contributed by atoms with Gasteiger partial charge in [-0.3, -0.25) is 9.59 Å². The van der Waals surface area contributed by atoms with E-state index in [-0.39, 0.29) is 17.9 Å². The average molecular weight is 342 g/mol. The maximum atomic E-state index is 12.3. The number of rotatable bonds is 5. The summed E-state index contributed by atoms with van der Waals surface area (Å²) in [5.41, 5.74) is 0.601. The third-order valence-electron chi connectivity index (χ3n) is 3.16. The van der Waals surface area contributed by atoms with Crippen molar-refractivity contribution >= 4 is 27.7 Å². The van der Waals surface area contributed by atoms with E-state index in [4.69, 9.17) is 0 Å². The zero-order valence-electron chi connectivity index (χ0n) is 11.9. The molecule has 110 valence electrons. The minimum Gasteiger partial charge on any atom is -0.352 e. The maximum Gasteiger partial charge on any atom is 0.268 e. The van der Waals surface area contributed by atoms with Crippen LogP contribution in [0.3, 0.4) is 0 Å². The summed E-state index contributed by atoms with van der Waals surface area (Å²) in [5.74, 6) is -0.383. The first kappa shape index (κ1) is 15.1. The standard InChI is InChI=1S/C14H20BrN3O2/c1-8(2)16-13(19)9(3)17-14(20)12-6-10(15)7-18(12)11-4-5-11/h6-9,11H,4-5H2,1-3H3,(H,16,19)(H,17,20). The molecule has 0 spiro atoms. The molecule has 5 nitrogen and oxygen atoms in total. The monoisotopic (exact) mass is 341 g/mol. The van der Waals surface area contributed by atoms with Gasteiger partial charge in [-0.15, -0.1) is 0 Å². The summed E-state index contributed by atoms with van der Waals surface area (Å²) < 4.78 is 2.86. The van der Waals surface area contributed by atoms with Crippen molar-refractivity contribution < 1.29 is 9.59 Å². The van der Waals surface area contributed by atoms with E-state index in [1.165, 1.54) is 0 Å². The summed E-state index contributed by atoms with van der Waals surface area (Å²) in [4.78, 5) is 24.1. The van der Waals surface area contributed by atoms with Crippen molar-refractivity contribution in [2.75, 3.05) is 0 Å². The van der Waals surface area contributed by atoms with Gasteiger partial charge in [-0.25, -0.2) is 0 Å². The fraction of sp³-hybridized carbons (Fsp3) is 0.571. The first-order chi connectivity index (χ1) is 9.38. The smallest absolute Gasteiger partial charge is 0.268 e. The molecule has 1 atom stereocenters. The molecule has 1 aromatic heterocycles. The van der Waals surface area contributed by atoms with E-state index < -0.39 is 6.04 Å². The van der Waals surface area contributed by atoms with Gasteiger partial charge in [-0.05, 0) is 55.6 Å². The normalized spacial score (nSPS) is 16.1. The second-order valence-corrected chi connectivity index (χ2v) is 6.46. The number of carbonyl (C=O) groups is 2. The molecule has 1 saturated carbocycles. The van der Waals surface area contributed by atoms with Crippen molar-refractivity contribution in [3.8, 4) is 0 Å². The minimum absolute atomic E-state index is 0.0614. The van der Waals surface area contributed by atoms with Gasteiger partial charge < -0.3 is 15.2 Å². The first-order valence-electron chi connectivity index (χ1n) is 6.87. The molecular formula is C14H20BrN3O2. The van der Waals surface area contributed by atoms with Gasteiger partial charge in [0.2, 0.25) is 5.91 Å². The van der Waals surface area contributed by atoms with Crippen LogP contribution in [-0.4, -0.2) is 28.5 Å². The Bertz CT molecular complexity index is 520. The van der Waals surface area contributed by atoms with Gasteiger partial charge in [0.05, 0.1) is 0 Å². The van der Waals surface area contributed by atoms with Crippen LogP contribution >= 0.6 is 15.9 Å². The lowest BCUT2D eigenvalue weighted by molar-refractivity contribution is -0.123. The molecule has 1 fully saturated rings. The van der Waals surface area contributed by atoms with E-state index in [9.17, 15) is 9.59 Å². The minimum atomic E-state index is -0.550. The predicted molar refractivity (Wildman–Crippen MR) is 80.6 cm³/mol. The highest BCUT2D eigenvalue weighted by Gasteiger charge is 2.28. The Balaban J connectivity index is 2.03. The SMILES string of the molecule is CC(C)NC(=O)C(C)NC(=O)c1cc(Br)cn1C1CC1. The topological polar surface area (TPSA) is 63.1 Å². The third kappa shape index (κ3) is 3.62. The summed E-state index contributed by atoms with van der Waals surface area (Å²) in [6, 6.07) is 1.72. The van der Waals surface area contributed by atoms with Crippen LogP contribution < -0.4 is 10.6 Å². The van der Waals surface area contributed by atoms with Crippen LogP contribution in [0.1, 0.15) is 50.1 Å². The molecule has 1 aliphatic carbocycles. The van der Waals surface area contributed by atoms with Crippen LogP contribution in [-0.2, 0) is 4.79 Å². The Morgan fingerprint density at radius 1 is 1.30 bits per heavy atom.